The van der Waals surface area contributed by atoms with Crippen LogP contribution in [-0.4, -0.2) is 38.8 Å². The van der Waals surface area contributed by atoms with Crippen LogP contribution in [0.1, 0.15) is 48.1 Å². The summed E-state index contributed by atoms with van der Waals surface area (Å²) in [5.41, 5.74) is 1.27. The Morgan fingerprint density at radius 3 is 2.39 bits per heavy atom. The molecular weight excluding hydrogens is 376 g/mol. The first-order chi connectivity index (χ1) is 13.4. The van der Waals surface area contributed by atoms with Crippen molar-refractivity contribution in [3.8, 4) is 5.75 Å². The van der Waals surface area contributed by atoms with Gasteiger partial charge in [-0.3, -0.25) is 4.79 Å². The lowest BCUT2D eigenvalue weighted by atomic mass is 10.1. The van der Waals surface area contributed by atoms with E-state index in [-0.39, 0.29) is 22.6 Å². The average Bonchev–Trinajstić information content (AvgIpc) is 2.74. The van der Waals surface area contributed by atoms with Gasteiger partial charge in [-0.1, -0.05) is 36.8 Å². The SMILES string of the molecule is COc1ccc(C(=O)NC(C)c2ccccc2)cc1S(=O)(=O)N1CCCCC1. The van der Waals surface area contributed by atoms with E-state index < -0.39 is 10.0 Å². The number of hydrogen-bond acceptors (Lipinski definition) is 4. The number of carbonyl (C=O) groups is 1. The van der Waals surface area contributed by atoms with Gasteiger partial charge in [0.1, 0.15) is 10.6 Å². The van der Waals surface area contributed by atoms with Gasteiger partial charge >= 0.3 is 0 Å². The minimum Gasteiger partial charge on any atom is -0.495 e. The van der Waals surface area contributed by atoms with Gasteiger partial charge in [0.15, 0.2) is 0 Å². The van der Waals surface area contributed by atoms with Crippen molar-refractivity contribution in [2.45, 2.75) is 37.1 Å². The highest BCUT2D eigenvalue weighted by Gasteiger charge is 2.29. The smallest absolute Gasteiger partial charge is 0.251 e. The molecule has 1 aliphatic heterocycles. The first-order valence-electron chi connectivity index (χ1n) is 9.47. The van der Waals surface area contributed by atoms with Gasteiger partial charge in [-0.25, -0.2) is 8.42 Å². The van der Waals surface area contributed by atoms with Crippen LogP contribution in [-0.2, 0) is 10.0 Å². The summed E-state index contributed by atoms with van der Waals surface area (Å²) in [5.74, 6) is -0.0765. The molecule has 1 N–H and O–H groups in total. The predicted molar refractivity (Wildman–Crippen MR) is 108 cm³/mol. The van der Waals surface area contributed by atoms with Gasteiger partial charge in [0, 0.05) is 18.7 Å². The zero-order chi connectivity index (χ0) is 20.1. The zero-order valence-electron chi connectivity index (χ0n) is 16.2. The van der Waals surface area contributed by atoms with Crippen LogP contribution in [0.3, 0.4) is 0 Å². The Morgan fingerprint density at radius 2 is 1.75 bits per heavy atom. The highest BCUT2D eigenvalue weighted by molar-refractivity contribution is 7.89. The van der Waals surface area contributed by atoms with E-state index >= 15 is 0 Å². The molecule has 7 heteroatoms. The molecule has 0 aromatic heterocycles. The number of carbonyl (C=O) groups excluding carboxylic acids is 1. The van der Waals surface area contributed by atoms with Crippen molar-refractivity contribution < 1.29 is 17.9 Å². The molecule has 1 amide bonds. The van der Waals surface area contributed by atoms with E-state index in [4.69, 9.17) is 4.74 Å². The van der Waals surface area contributed by atoms with Gasteiger partial charge in [-0.15, -0.1) is 0 Å². The summed E-state index contributed by atoms with van der Waals surface area (Å²) in [6.45, 7) is 2.88. The topological polar surface area (TPSA) is 75.7 Å². The molecule has 1 saturated heterocycles. The standard InChI is InChI=1S/C21H26N2O4S/c1-16(17-9-5-3-6-10-17)22-21(24)18-11-12-19(27-2)20(15-18)28(25,26)23-13-7-4-8-14-23/h3,5-6,9-12,15-16H,4,7-8,13-14H2,1-2H3,(H,22,24). The number of hydrogen-bond donors (Lipinski definition) is 1. The van der Waals surface area contributed by atoms with Crippen LogP contribution in [0.4, 0.5) is 0 Å². The van der Waals surface area contributed by atoms with Crippen LogP contribution in [0.5, 0.6) is 5.75 Å². The highest BCUT2D eigenvalue weighted by Crippen LogP contribution is 2.29. The monoisotopic (exact) mass is 402 g/mol. The van der Waals surface area contributed by atoms with Crippen LogP contribution in [0.25, 0.3) is 0 Å². The van der Waals surface area contributed by atoms with E-state index in [2.05, 4.69) is 5.32 Å². The molecule has 0 aliphatic carbocycles. The van der Waals surface area contributed by atoms with Crippen molar-refractivity contribution in [3.63, 3.8) is 0 Å². The van der Waals surface area contributed by atoms with Crippen molar-refractivity contribution in [2.24, 2.45) is 0 Å². The largest absolute Gasteiger partial charge is 0.495 e. The van der Waals surface area contributed by atoms with E-state index in [1.54, 1.807) is 12.1 Å². The van der Waals surface area contributed by atoms with E-state index in [1.807, 2.05) is 37.3 Å². The first kappa shape index (κ1) is 20.4. The molecule has 1 atom stereocenters. The third-order valence-corrected chi connectivity index (χ3v) is 6.93. The number of amides is 1. The second-order valence-electron chi connectivity index (χ2n) is 6.94. The molecule has 0 saturated carbocycles. The molecule has 0 bridgehead atoms. The fourth-order valence-electron chi connectivity index (χ4n) is 3.37. The maximum Gasteiger partial charge on any atom is 0.251 e. The lowest BCUT2D eigenvalue weighted by molar-refractivity contribution is 0.0939. The molecule has 1 fully saturated rings. The number of piperidine rings is 1. The molecular formula is C21H26N2O4S. The van der Waals surface area contributed by atoms with Crippen molar-refractivity contribution in [2.75, 3.05) is 20.2 Å². The van der Waals surface area contributed by atoms with Crippen molar-refractivity contribution in [1.29, 1.82) is 0 Å². The van der Waals surface area contributed by atoms with Crippen molar-refractivity contribution >= 4 is 15.9 Å². The van der Waals surface area contributed by atoms with Gasteiger partial charge in [0.2, 0.25) is 10.0 Å². The lowest BCUT2D eigenvalue weighted by Gasteiger charge is -2.26. The molecule has 0 radical (unpaired) electrons. The Balaban J connectivity index is 1.87. The average molecular weight is 403 g/mol. The molecule has 1 heterocycles. The summed E-state index contributed by atoms with van der Waals surface area (Å²) >= 11 is 0. The minimum atomic E-state index is -3.71. The maximum atomic E-state index is 13.1. The fourth-order valence-corrected chi connectivity index (χ4v) is 5.07. The number of rotatable bonds is 6. The van der Waals surface area contributed by atoms with Crippen LogP contribution >= 0.6 is 0 Å². The molecule has 0 spiro atoms. The predicted octanol–water partition coefficient (Wildman–Crippen LogP) is 3.36. The minimum absolute atomic E-state index is 0.0388. The lowest BCUT2D eigenvalue weighted by Crippen LogP contribution is -2.36. The van der Waals surface area contributed by atoms with Gasteiger partial charge < -0.3 is 10.1 Å². The summed E-state index contributed by atoms with van der Waals surface area (Å²) in [7, 11) is -2.28. The Labute approximate surface area is 166 Å². The molecule has 2 aromatic rings. The number of ether oxygens (including phenoxy) is 1. The Kier molecular flexibility index (Phi) is 6.36. The van der Waals surface area contributed by atoms with Crippen LogP contribution < -0.4 is 10.1 Å². The highest BCUT2D eigenvalue weighted by atomic mass is 32.2. The third kappa shape index (κ3) is 4.36. The van der Waals surface area contributed by atoms with Crippen LogP contribution in [0.2, 0.25) is 0 Å². The van der Waals surface area contributed by atoms with E-state index in [0.29, 0.717) is 18.7 Å². The molecule has 1 unspecified atom stereocenters. The van der Waals surface area contributed by atoms with E-state index in [1.165, 1.54) is 17.5 Å². The molecule has 28 heavy (non-hydrogen) atoms. The normalized spacial score (nSPS) is 16.4. The summed E-state index contributed by atoms with van der Waals surface area (Å²) < 4.78 is 32.9. The first-order valence-corrected chi connectivity index (χ1v) is 10.9. The molecule has 1 aliphatic rings. The van der Waals surface area contributed by atoms with E-state index in [0.717, 1.165) is 24.8 Å². The number of sulfonamides is 1. The third-order valence-electron chi connectivity index (χ3n) is 5.01. The van der Waals surface area contributed by atoms with Crippen LogP contribution in [0, 0.1) is 0 Å². The van der Waals surface area contributed by atoms with E-state index in [9.17, 15) is 13.2 Å². The number of benzene rings is 2. The zero-order valence-corrected chi connectivity index (χ0v) is 17.0. The van der Waals surface area contributed by atoms with Gasteiger partial charge in [-0.2, -0.15) is 4.31 Å². The number of methoxy groups -OCH3 is 1. The second kappa shape index (κ2) is 8.75. The molecule has 2 aromatic carbocycles. The maximum absolute atomic E-state index is 13.1. The summed E-state index contributed by atoms with van der Waals surface area (Å²) in [6.07, 6.45) is 2.72. The molecule has 6 nitrogen and oxygen atoms in total. The van der Waals surface area contributed by atoms with Gasteiger partial charge in [-0.05, 0) is 43.5 Å². The second-order valence-corrected chi connectivity index (χ2v) is 8.84. The quantitative estimate of drug-likeness (QED) is 0.804. The van der Waals surface area contributed by atoms with Gasteiger partial charge in [0.25, 0.3) is 5.91 Å². The number of nitrogens with one attached hydrogen (secondary N) is 1. The fraction of sp³-hybridized carbons (Fsp3) is 0.381. The Bertz CT molecular complexity index is 923. The molecule has 150 valence electrons. The summed E-state index contributed by atoms with van der Waals surface area (Å²) in [6, 6.07) is 14.0. The Morgan fingerprint density at radius 1 is 1.07 bits per heavy atom. The summed E-state index contributed by atoms with van der Waals surface area (Å²) in [4.78, 5) is 12.8. The Hall–Kier alpha value is -2.38. The van der Waals surface area contributed by atoms with Gasteiger partial charge in [0.05, 0.1) is 13.2 Å². The molecule has 3 rings (SSSR count). The van der Waals surface area contributed by atoms with Crippen molar-refractivity contribution in [3.05, 3.63) is 59.7 Å². The van der Waals surface area contributed by atoms with Crippen LogP contribution in [0.15, 0.2) is 53.4 Å². The van der Waals surface area contributed by atoms with Crippen molar-refractivity contribution in [1.82, 2.24) is 9.62 Å². The summed E-state index contributed by atoms with van der Waals surface area (Å²) in [5, 5.41) is 2.92. The number of nitrogens with zero attached hydrogens (tertiary/aromatic N) is 1.